The number of thiophene rings is 1. The number of benzene rings is 1. The molecule has 1 aromatic heterocycles. The Hall–Kier alpha value is -1.32. The maximum Gasteiger partial charge on any atom is 0.185 e. The van der Waals surface area contributed by atoms with E-state index < -0.39 is 0 Å². The first-order valence-electron chi connectivity index (χ1n) is 5.19. The van der Waals surface area contributed by atoms with Crippen molar-refractivity contribution in [3.05, 3.63) is 58.3 Å². The highest BCUT2D eigenvalue weighted by Crippen LogP contribution is 2.16. The van der Waals surface area contributed by atoms with E-state index in [0.717, 1.165) is 10.4 Å². The van der Waals surface area contributed by atoms with Crippen molar-refractivity contribution in [2.75, 3.05) is 6.26 Å². The van der Waals surface area contributed by atoms with E-state index in [0.29, 0.717) is 0 Å². The first-order chi connectivity index (χ1) is 8.29. The van der Waals surface area contributed by atoms with Gasteiger partial charge in [0.2, 0.25) is 0 Å². The predicted molar refractivity (Wildman–Crippen MR) is 75.9 cm³/mol. The molecular formula is C14H12OS2. The lowest BCUT2D eigenvalue weighted by Crippen LogP contribution is -1.93. The summed E-state index contributed by atoms with van der Waals surface area (Å²) in [5, 5.41) is 2.00. The molecule has 1 heterocycles. The zero-order valence-corrected chi connectivity index (χ0v) is 11.1. The van der Waals surface area contributed by atoms with E-state index in [1.165, 1.54) is 4.90 Å². The Morgan fingerprint density at radius 2 is 2.00 bits per heavy atom. The van der Waals surface area contributed by atoms with Gasteiger partial charge >= 0.3 is 0 Å². The van der Waals surface area contributed by atoms with Gasteiger partial charge in [-0.3, -0.25) is 4.79 Å². The lowest BCUT2D eigenvalue weighted by atomic mass is 10.1. The third-order valence-corrected chi connectivity index (χ3v) is 3.90. The summed E-state index contributed by atoms with van der Waals surface area (Å²) in [4.78, 5) is 14.1. The number of allylic oxidation sites excluding steroid dienone is 1. The van der Waals surface area contributed by atoms with Gasteiger partial charge in [-0.15, -0.1) is 23.1 Å². The average molecular weight is 260 g/mol. The van der Waals surface area contributed by atoms with Crippen LogP contribution in [0.3, 0.4) is 0 Å². The third-order valence-electron chi connectivity index (χ3n) is 2.32. The van der Waals surface area contributed by atoms with E-state index in [9.17, 15) is 4.79 Å². The molecule has 1 aromatic carbocycles. The first-order valence-corrected chi connectivity index (χ1v) is 7.30. The quantitative estimate of drug-likeness (QED) is 0.461. The van der Waals surface area contributed by atoms with Crippen molar-refractivity contribution in [3.8, 4) is 0 Å². The van der Waals surface area contributed by atoms with Crippen molar-refractivity contribution in [1.29, 1.82) is 0 Å². The Balaban J connectivity index is 2.09. The summed E-state index contributed by atoms with van der Waals surface area (Å²) in [5.41, 5.74) is 0.732. The number of thioether (sulfide) groups is 1. The standard InChI is InChI=1S/C14H12OS2/c1-16-12-6-4-11(5-7-12)14(15)9-8-13-3-2-10-17-13/h2-10H,1H3. The molecule has 0 radical (unpaired) electrons. The molecule has 0 spiro atoms. The normalized spacial score (nSPS) is 10.9. The lowest BCUT2D eigenvalue weighted by molar-refractivity contribution is 0.104. The molecule has 0 fully saturated rings. The zero-order chi connectivity index (χ0) is 12.1. The monoisotopic (exact) mass is 260 g/mol. The third kappa shape index (κ3) is 3.32. The van der Waals surface area contributed by atoms with Crippen LogP contribution >= 0.6 is 23.1 Å². The minimum Gasteiger partial charge on any atom is -0.289 e. The minimum absolute atomic E-state index is 0.0473. The number of rotatable bonds is 4. The zero-order valence-electron chi connectivity index (χ0n) is 9.42. The Morgan fingerprint density at radius 3 is 2.59 bits per heavy atom. The highest BCUT2D eigenvalue weighted by molar-refractivity contribution is 7.98. The van der Waals surface area contributed by atoms with Crippen molar-refractivity contribution in [1.82, 2.24) is 0 Å². The fourth-order valence-corrected chi connectivity index (χ4v) is 2.42. The molecule has 0 bridgehead atoms. The van der Waals surface area contributed by atoms with Gasteiger partial charge in [-0.2, -0.15) is 0 Å². The van der Waals surface area contributed by atoms with Crippen LogP contribution < -0.4 is 0 Å². The Kier molecular flexibility index (Phi) is 4.18. The lowest BCUT2D eigenvalue weighted by Gasteiger charge is -1.98. The van der Waals surface area contributed by atoms with Crippen LogP contribution in [0, 0.1) is 0 Å². The largest absolute Gasteiger partial charge is 0.289 e. The minimum atomic E-state index is 0.0473. The summed E-state index contributed by atoms with van der Waals surface area (Å²) >= 11 is 3.30. The topological polar surface area (TPSA) is 17.1 Å². The van der Waals surface area contributed by atoms with E-state index in [1.807, 2.05) is 54.1 Å². The van der Waals surface area contributed by atoms with Gasteiger partial charge in [0.05, 0.1) is 0 Å². The van der Waals surface area contributed by atoms with E-state index in [4.69, 9.17) is 0 Å². The van der Waals surface area contributed by atoms with E-state index >= 15 is 0 Å². The SMILES string of the molecule is CSc1ccc(C(=O)C=Cc2cccs2)cc1. The molecule has 0 saturated carbocycles. The molecule has 1 nitrogen and oxygen atoms in total. The molecule has 0 saturated heterocycles. The van der Waals surface area contributed by atoms with Crippen molar-refractivity contribution < 1.29 is 4.79 Å². The summed E-state index contributed by atoms with van der Waals surface area (Å²) in [5.74, 6) is 0.0473. The molecule has 0 unspecified atom stereocenters. The summed E-state index contributed by atoms with van der Waals surface area (Å²) in [6, 6.07) is 11.6. The molecule has 0 atom stereocenters. The Bertz CT molecular complexity index is 510. The fraction of sp³-hybridized carbons (Fsp3) is 0.0714. The van der Waals surface area contributed by atoms with Crippen LogP contribution in [-0.2, 0) is 0 Å². The van der Waals surface area contributed by atoms with Gasteiger partial charge in [0.15, 0.2) is 5.78 Å². The molecule has 17 heavy (non-hydrogen) atoms. The van der Waals surface area contributed by atoms with Crippen LogP contribution in [0.25, 0.3) is 6.08 Å². The molecule has 86 valence electrons. The van der Waals surface area contributed by atoms with Crippen LogP contribution in [0.4, 0.5) is 0 Å². The van der Waals surface area contributed by atoms with E-state index in [-0.39, 0.29) is 5.78 Å². The second-order valence-electron chi connectivity index (χ2n) is 3.44. The molecule has 3 heteroatoms. The molecule has 0 N–H and O–H groups in total. The van der Waals surface area contributed by atoms with Crippen molar-refractivity contribution >= 4 is 35.0 Å². The van der Waals surface area contributed by atoms with Gasteiger partial charge in [0, 0.05) is 15.3 Å². The van der Waals surface area contributed by atoms with Crippen LogP contribution in [0.2, 0.25) is 0 Å². The number of carbonyl (C=O) groups is 1. The van der Waals surface area contributed by atoms with Gasteiger partial charge in [0.25, 0.3) is 0 Å². The molecular weight excluding hydrogens is 248 g/mol. The second-order valence-corrected chi connectivity index (χ2v) is 5.30. The van der Waals surface area contributed by atoms with E-state index in [2.05, 4.69) is 0 Å². The maximum absolute atomic E-state index is 11.9. The predicted octanol–water partition coefficient (Wildman–Crippen LogP) is 4.37. The first kappa shape index (κ1) is 12.1. The molecule has 2 rings (SSSR count). The van der Waals surface area contributed by atoms with E-state index in [1.54, 1.807) is 29.2 Å². The van der Waals surface area contributed by atoms with Gasteiger partial charge in [-0.25, -0.2) is 0 Å². The van der Waals surface area contributed by atoms with Gasteiger partial charge in [-0.05, 0) is 54.1 Å². The molecule has 0 aliphatic carbocycles. The molecule has 0 aliphatic rings. The highest BCUT2D eigenvalue weighted by Gasteiger charge is 2.01. The van der Waals surface area contributed by atoms with Crippen molar-refractivity contribution in [2.45, 2.75) is 4.90 Å². The Labute approximate surface area is 109 Å². The number of carbonyl (C=O) groups excluding carboxylic acids is 1. The summed E-state index contributed by atoms with van der Waals surface area (Å²) in [6.07, 6.45) is 5.50. The van der Waals surface area contributed by atoms with Gasteiger partial charge < -0.3 is 0 Å². The van der Waals surface area contributed by atoms with Crippen molar-refractivity contribution in [3.63, 3.8) is 0 Å². The number of ketones is 1. The fourth-order valence-electron chi connectivity index (χ4n) is 1.40. The van der Waals surface area contributed by atoms with Crippen LogP contribution in [0.15, 0.2) is 52.7 Å². The number of hydrogen-bond donors (Lipinski definition) is 0. The summed E-state index contributed by atoms with van der Waals surface area (Å²) in [7, 11) is 0. The molecule has 0 amide bonds. The highest BCUT2D eigenvalue weighted by atomic mass is 32.2. The summed E-state index contributed by atoms with van der Waals surface area (Å²) < 4.78 is 0. The smallest absolute Gasteiger partial charge is 0.185 e. The molecule has 2 aromatic rings. The maximum atomic E-state index is 11.9. The molecule has 0 aliphatic heterocycles. The van der Waals surface area contributed by atoms with Crippen LogP contribution in [0.1, 0.15) is 15.2 Å². The van der Waals surface area contributed by atoms with Crippen LogP contribution in [0.5, 0.6) is 0 Å². The second kappa shape index (κ2) is 5.84. The van der Waals surface area contributed by atoms with Crippen molar-refractivity contribution in [2.24, 2.45) is 0 Å². The Morgan fingerprint density at radius 1 is 1.24 bits per heavy atom. The number of hydrogen-bond acceptors (Lipinski definition) is 3. The van der Waals surface area contributed by atoms with Gasteiger partial charge in [-0.1, -0.05) is 6.07 Å². The average Bonchev–Trinajstić information content (AvgIpc) is 2.89. The summed E-state index contributed by atoms with van der Waals surface area (Å²) in [6.45, 7) is 0. The van der Waals surface area contributed by atoms with Gasteiger partial charge in [0.1, 0.15) is 0 Å². The van der Waals surface area contributed by atoms with Crippen LogP contribution in [-0.4, -0.2) is 12.0 Å².